The van der Waals surface area contributed by atoms with E-state index in [4.69, 9.17) is 5.73 Å². The molecule has 0 saturated carbocycles. The van der Waals surface area contributed by atoms with Crippen molar-refractivity contribution in [3.63, 3.8) is 0 Å². The molecule has 0 fully saturated rings. The fourth-order valence-corrected chi connectivity index (χ4v) is 1.53. The minimum Gasteiger partial charge on any atom is -0.401 e. The zero-order valence-corrected chi connectivity index (χ0v) is 11.4. The average Bonchev–Trinajstić information content (AvgIpc) is 2.77. The van der Waals surface area contributed by atoms with Crippen LogP contribution in [0.5, 0.6) is 0 Å². The second kappa shape index (κ2) is 6.79. The molecule has 18 heavy (non-hydrogen) atoms. The predicted octanol–water partition coefficient (Wildman–Crippen LogP) is 2.77. The van der Waals surface area contributed by atoms with E-state index in [1.165, 1.54) is 0 Å². The lowest BCUT2D eigenvalue weighted by atomic mass is 10.0. The largest absolute Gasteiger partial charge is 0.401 e. The lowest BCUT2D eigenvalue weighted by molar-refractivity contribution is 0.652. The number of allylic oxidation sites excluding steroid dienone is 2. The predicted molar refractivity (Wildman–Crippen MR) is 76.5 cm³/mol. The van der Waals surface area contributed by atoms with Crippen LogP contribution in [0.1, 0.15) is 38.1 Å². The zero-order chi connectivity index (χ0) is 13.5. The first kappa shape index (κ1) is 14.2. The molecule has 0 aliphatic carbocycles. The smallest absolute Gasteiger partial charge is 0.0631 e. The van der Waals surface area contributed by atoms with Crippen LogP contribution in [-0.4, -0.2) is 16.4 Å². The van der Waals surface area contributed by atoms with E-state index in [0.717, 1.165) is 23.5 Å². The highest BCUT2D eigenvalue weighted by atomic mass is 15.1. The van der Waals surface area contributed by atoms with Gasteiger partial charge >= 0.3 is 0 Å². The third-order valence-corrected chi connectivity index (χ3v) is 2.77. The highest BCUT2D eigenvalue weighted by molar-refractivity contribution is 5.70. The van der Waals surface area contributed by atoms with Crippen LogP contribution in [0.15, 0.2) is 35.6 Å². The Morgan fingerprint density at radius 2 is 2.28 bits per heavy atom. The van der Waals surface area contributed by atoms with Gasteiger partial charge in [-0.3, -0.25) is 10.1 Å². The summed E-state index contributed by atoms with van der Waals surface area (Å²) in [4.78, 5) is 4.03. The third kappa shape index (κ3) is 4.20. The summed E-state index contributed by atoms with van der Waals surface area (Å²) in [5.41, 5.74) is 8.89. The molecular formula is C14H22N4. The van der Waals surface area contributed by atoms with Crippen molar-refractivity contribution in [1.29, 1.82) is 0 Å². The minimum atomic E-state index is 0.218. The molecule has 0 amide bonds. The molecule has 0 saturated heterocycles. The van der Waals surface area contributed by atoms with Crippen LogP contribution in [0, 0.1) is 5.92 Å². The summed E-state index contributed by atoms with van der Waals surface area (Å²) in [6, 6.07) is 2.10. The summed E-state index contributed by atoms with van der Waals surface area (Å²) >= 11 is 0. The van der Waals surface area contributed by atoms with Crippen molar-refractivity contribution in [3.05, 3.63) is 42.0 Å². The van der Waals surface area contributed by atoms with Gasteiger partial charge in [-0.15, -0.1) is 0 Å². The Bertz CT molecular complexity index is 440. The average molecular weight is 246 g/mol. The van der Waals surface area contributed by atoms with E-state index < -0.39 is 0 Å². The molecule has 1 aromatic heterocycles. The molecule has 0 bridgehead atoms. The molecule has 0 aromatic carbocycles. The van der Waals surface area contributed by atoms with Crippen LogP contribution in [0.2, 0.25) is 0 Å². The van der Waals surface area contributed by atoms with Gasteiger partial charge in [0.2, 0.25) is 0 Å². The van der Waals surface area contributed by atoms with Gasteiger partial charge in [-0.05, 0) is 18.4 Å². The van der Waals surface area contributed by atoms with Gasteiger partial charge in [0.05, 0.1) is 5.69 Å². The Labute approximate surface area is 109 Å². The first-order valence-corrected chi connectivity index (χ1v) is 6.18. The summed E-state index contributed by atoms with van der Waals surface area (Å²) in [5, 5.41) is 7.34. The topological polar surface area (TPSA) is 67.1 Å². The van der Waals surface area contributed by atoms with Gasteiger partial charge in [-0.1, -0.05) is 33.4 Å². The Morgan fingerprint density at radius 3 is 2.83 bits per heavy atom. The molecule has 1 atom stereocenters. The maximum Gasteiger partial charge on any atom is 0.0631 e. The number of aromatic amines is 1. The molecule has 1 aromatic rings. The Balaban J connectivity index is 2.62. The summed E-state index contributed by atoms with van der Waals surface area (Å²) in [6.45, 7) is 9.90. The van der Waals surface area contributed by atoms with Crippen LogP contribution in [0.3, 0.4) is 0 Å². The molecule has 1 heterocycles. The second-order valence-corrected chi connectivity index (χ2v) is 4.74. The van der Waals surface area contributed by atoms with Crippen molar-refractivity contribution in [2.24, 2.45) is 16.6 Å². The second-order valence-electron chi connectivity index (χ2n) is 4.74. The van der Waals surface area contributed by atoms with Crippen LogP contribution >= 0.6 is 0 Å². The quantitative estimate of drug-likeness (QED) is 0.758. The number of nitrogens with zero attached hydrogens (tertiary/aromatic N) is 2. The van der Waals surface area contributed by atoms with Crippen LogP contribution < -0.4 is 5.73 Å². The first-order chi connectivity index (χ1) is 8.54. The van der Waals surface area contributed by atoms with Crippen molar-refractivity contribution in [1.82, 2.24) is 10.2 Å². The number of hydrogen-bond acceptors (Lipinski definition) is 3. The SMILES string of the molecule is C=C/C=N\C=C(/N)C(C)Cc1cc(C(C)C)[nH]n1. The fourth-order valence-electron chi connectivity index (χ4n) is 1.53. The van der Waals surface area contributed by atoms with E-state index in [-0.39, 0.29) is 5.92 Å². The van der Waals surface area contributed by atoms with Gasteiger partial charge < -0.3 is 5.73 Å². The normalized spacial score (nSPS) is 14.3. The van der Waals surface area contributed by atoms with E-state index in [9.17, 15) is 0 Å². The Kier molecular flexibility index (Phi) is 5.36. The van der Waals surface area contributed by atoms with E-state index in [2.05, 4.69) is 48.6 Å². The van der Waals surface area contributed by atoms with Crippen molar-refractivity contribution in [3.8, 4) is 0 Å². The van der Waals surface area contributed by atoms with E-state index in [1.807, 2.05) is 0 Å². The van der Waals surface area contributed by atoms with E-state index >= 15 is 0 Å². The van der Waals surface area contributed by atoms with Crippen LogP contribution in [0.4, 0.5) is 0 Å². The number of H-pyrrole nitrogens is 1. The molecule has 4 heteroatoms. The van der Waals surface area contributed by atoms with Gasteiger partial charge in [0.25, 0.3) is 0 Å². The summed E-state index contributed by atoms with van der Waals surface area (Å²) in [7, 11) is 0. The highest BCUT2D eigenvalue weighted by Crippen LogP contribution is 2.16. The van der Waals surface area contributed by atoms with Gasteiger partial charge in [-0.2, -0.15) is 5.10 Å². The molecule has 0 spiro atoms. The Morgan fingerprint density at radius 1 is 1.56 bits per heavy atom. The number of nitrogens with one attached hydrogen (secondary N) is 1. The number of aliphatic imine (C=N–C) groups is 1. The lowest BCUT2D eigenvalue weighted by Crippen LogP contribution is -2.11. The molecule has 4 nitrogen and oxygen atoms in total. The number of hydrogen-bond donors (Lipinski definition) is 2. The molecule has 0 aliphatic rings. The van der Waals surface area contributed by atoms with Gasteiger partial charge in [0.1, 0.15) is 0 Å². The van der Waals surface area contributed by atoms with Crippen molar-refractivity contribution < 1.29 is 0 Å². The monoisotopic (exact) mass is 246 g/mol. The summed E-state index contributed by atoms with van der Waals surface area (Å²) < 4.78 is 0. The molecule has 1 rings (SSSR count). The van der Waals surface area contributed by atoms with E-state index in [1.54, 1.807) is 18.5 Å². The van der Waals surface area contributed by atoms with Crippen molar-refractivity contribution in [2.75, 3.05) is 0 Å². The van der Waals surface area contributed by atoms with Crippen molar-refractivity contribution in [2.45, 2.75) is 33.1 Å². The molecule has 98 valence electrons. The maximum atomic E-state index is 5.95. The van der Waals surface area contributed by atoms with Gasteiger partial charge in [-0.25, -0.2) is 0 Å². The molecule has 1 unspecified atom stereocenters. The standard InChI is InChI=1S/C14H22N4/c1-5-6-16-9-13(15)11(4)7-12-8-14(10(2)3)18-17-12/h5-6,8-11H,1,7,15H2,2-4H3,(H,17,18)/b13-9-,16-6-. The van der Waals surface area contributed by atoms with Crippen molar-refractivity contribution >= 4 is 6.21 Å². The third-order valence-electron chi connectivity index (χ3n) is 2.77. The molecular weight excluding hydrogens is 224 g/mol. The molecule has 0 radical (unpaired) electrons. The maximum absolute atomic E-state index is 5.95. The summed E-state index contributed by atoms with van der Waals surface area (Å²) in [6.07, 6.45) is 5.72. The Hall–Kier alpha value is -1.84. The highest BCUT2D eigenvalue weighted by Gasteiger charge is 2.10. The van der Waals surface area contributed by atoms with Crippen LogP contribution in [0.25, 0.3) is 0 Å². The minimum absolute atomic E-state index is 0.218. The van der Waals surface area contributed by atoms with Crippen LogP contribution in [-0.2, 0) is 6.42 Å². The molecule has 0 aliphatic heterocycles. The number of rotatable bonds is 6. The lowest BCUT2D eigenvalue weighted by Gasteiger charge is -2.08. The number of aromatic nitrogens is 2. The summed E-state index contributed by atoms with van der Waals surface area (Å²) in [5.74, 6) is 0.682. The first-order valence-electron chi connectivity index (χ1n) is 6.18. The number of nitrogens with two attached hydrogens (primary N) is 1. The van der Waals surface area contributed by atoms with Gasteiger partial charge in [0.15, 0.2) is 0 Å². The zero-order valence-electron chi connectivity index (χ0n) is 11.4. The molecule has 3 N–H and O–H groups in total. The van der Waals surface area contributed by atoms with E-state index in [0.29, 0.717) is 5.92 Å². The van der Waals surface area contributed by atoms with Gasteiger partial charge in [0, 0.05) is 29.7 Å². The fraction of sp³-hybridized carbons (Fsp3) is 0.429.